The molecule has 0 radical (unpaired) electrons. The van der Waals surface area contributed by atoms with Crippen molar-refractivity contribution in [1.29, 1.82) is 0 Å². The van der Waals surface area contributed by atoms with Gasteiger partial charge in [-0.2, -0.15) is 0 Å². The van der Waals surface area contributed by atoms with Gasteiger partial charge in [-0.1, -0.05) is 18.2 Å². The summed E-state index contributed by atoms with van der Waals surface area (Å²) < 4.78 is 5.75. The van der Waals surface area contributed by atoms with Crippen LogP contribution in [0.3, 0.4) is 0 Å². The second-order valence-corrected chi connectivity index (χ2v) is 12.5. The molecule has 0 bridgehead atoms. The summed E-state index contributed by atoms with van der Waals surface area (Å²) in [6, 6.07) is 16.9. The fraction of sp³-hybridized carbons (Fsp3) is 0.364. The molecule has 0 saturated heterocycles. The van der Waals surface area contributed by atoms with Crippen molar-refractivity contribution in [3.8, 4) is 11.5 Å². The molecule has 6 nitrogen and oxygen atoms in total. The molecule has 1 unspecified atom stereocenters. The number of anilines is 1. The molecule has 0 aromatic heterocycles. The molecule has 1 amide bonds. The molecule has 2 N–H and O–H groups in total. The van der Waals surface area contributed by atoms with Gasteiger partial charge in [-0.15, -0.1) is 0 Å². The molecule has 0 aliphatic rings. The molecule has 0 aliphatic heterocycles. The molecule has 0 heterocycles. The van der Waals surface area contributed by atoms with Crippen LogP contribution in [0.2, 0.25) is 16.1 Å². The standard InChI is InChI=1S/C22H29AsN2O4/c1-23(15-13-22(27)28)14-6-16-25(2)17-21(26)24-18-9-11-20(12-10-18)29-19-7-4-3-5-8-19/h3-5,7-12H,6,13-17H2,1-2H3,(H,24,26)(H,27,28). The third kappa shape index (κ3) is 9.64. The van der Waals surface area contributed by atoms with Gasteiger partial charge in [0, 0.05) is 0 Å². The molecule has 2 aromatic rings. The van der Waals surface area contributed by atoms with Crippen LogP contribution in [0.4, 0.5) is 5.69 Å². The number of carbonyl (C=O) groups is 2. The van der Waals surface area contributed by atoms with E-state index in [4.69, 9.17) is 9.84 Å². The summed E-state index contributed by atoms with van der Waals surface area (Å²) in [4.78, 5) is 24.9. The number of para-hydroxylation sites is 1. The number of carboxylic acids is 1. The van der Waals surface area contributed by atoms with Crippen LogP contribution in [0.15, 0.2) is 54.6 Å². The number of aliphatic carboxylic acids is 1. The Kier molecular flexibility index (Phi) is 9.75. The Balaban J connectivity index is 1.68. The van der Waals surface area contributed by atoms with Gasteiger partial charge >= 0.3 is 141 Å². The second kappa shape index (κ2) is 12.3. The van der Waals surface area contributed by atoms with E-state index in [2.05, 4.69) is 11.0 Å². The van der Waals surface area contributed by atoms with Gasteiger partial charge in [-0.05, 0) is 12.1 Å². The average molecular weight is 460 g/mol. The van der Waals surface area contributed by atoms with Gasteiger partial charge in [-0.3, -0.25) is 0 Å². The Labute approximate surface area is 177 Å². The van der Waals surface area contributed by atoms with E-state index in [1.165, 1.54) is 0 Å². The van der Waals surface area contributed by atoms with Crippen LogP contribution < -0.4 is 10.1 Å². The summed E-state index contributed by atoms with van der Waals surface area (Å²) in [6.07, 6.45) is 1.29. The average Bonchev–Trinajstić information content (AvgIpc) is 2.68. The van der Waals surface area contributed by atoms with E-state index in [-0.39, 0.29) is 12.3 Å². The van der Waals surface area contributed by atoms with Crippen molar-refractivity contribution in [2.75, 3.05) is 25.5 Å². The molecular formula is C22H29AsN2O4. The zero-order valence-electron chi connectivity index (χ0n) is 17.0. The van der Waals surface area contributed by atoms with Gasteiger partial charge in [0.1, 0.15) is 5.75 Å². The molecule has 0 spiro atoms. The Morgan fingerprint density at radius 3 is 2.34 bits per heavy atom. The molecule has 0 saturated carbocycles. The summed E-state index contributed by atoms with van der Waals surface area (Å²) >= 11 is -1.03. The number of hydrogen-bond acceptors (Lipinski definition) is 4. The zero-order chi connectivity index (χ0) is 21.1. The van der Waals surface area contributed by atoms with E-state index >= 15 is 0 Å². The van der Waals surface area contributed by atoms with Crippen LogP contribution in [-0.2, 0) is 9.59 Å². The zero-order valence-corrected chi connectivity index (χ0v) is 18.9. The summed E-state index contributed by atoms with van der Waals surface area (Å²) in [7, 11) is 1.93. The monoisotopic (exact) mass is 460 g/mol. The van der Waals surface area contributed by atoms with Crippen molar-refractivity contribution < 1.29 is 19.4 Å². The fourth-order valence-electron chi connectivity index (χ4n) is 2.76. The summed E-state index contributed by atoms with van der Waals surface area (Å²) in [5.41, 5.74) is 2.95. The van der Waals surface area contributed by atoms with E-state index in [1.54, 1.807) is 0 Å². The first kappa shape index (κ1) is 23.0. The SMILES string of the molecule is CN(CCC[As](C)CCC(=O)O)CC(=O)Nc1ccc(Oc2ccccc2)cc1. The molecule has 29 heavy (non-hydrogen) atoms. The van der Waals surface area contributed by atoms with Crippen molar-refractivity contribution in [2.24, 2.45) is 0 Å². The minimum atomic E-state index is -1.03. The predicted octanol–water partition coefficient (Wildman–Crippen LogP) is 4.34. The fourth-order valence-corrected chi connectivity index (χ4v) is 5.87. The number of rotatable bonds is 12. The molecule has 156 valence electrons. The first-order valence-electron chi connectivity index (χ1n) is 9.64. The third-order valence-corrected chi connectivity index (χ3v) is 8.65. The number of ether oxygens (including phenoxy) is 1. The topological polar surface area (TPSA) is 78.9 Å². The van der Waals surface area contributed by atoms with Gasteiger partial charge < -0.3 is 0 Å². The maximum absolute atomic E-state index is 12.2. The van der Waals surface area contributed by atoms with Crippen LogP contribution in [0.1, 0.15) is 12.8 Å². The van der Waals surface area contributed by atoms with Crippen molar-refractivity contribution in [3.63, 3.8) is 0 Å². The number of hydrogen-bond donors (Lipinski definition) is 2. The Bertz CT molecular complexity index is 768. The quantitative estimate of drug-likeness (QED) is 0.461. The Hall–Kier alpha value is -2.30. The molecule has 2 rings (SSSR count). The van der Waals surface area contributed by atoms with Gasteiger partial charge in [-0.25, -0.2) is 0 Å². The number of carbonyl (C=O) groups excluding carboxylic acids is 1. The van der Waals surface area contributed by atoms with Crippen molar-refractivity contribution >= 4 is 32.2 Å². The number of amides is 1. The summed E-state index contributed by atoms with van der Waals surface area (Å²) in [5, 5.41) is 13.6. The maximum atomic E-state index is 12.2. The van der Waals surface area contributed by atoms with E-state index in [0.29, 0.717) is 12.3 Å². The van der Waals surface area contributed by atoms with Gasteiger partial charge in [0.15, 0.2) is 0 Å². The van der Waals surface area contributed by atoms with Crippen LogP contribution in [0, 0.1) is 0 Å². The van der Waals surface area contributed by atoms with E-state index in [9.17, 15) is 9.59 Å². The number of carboxylic acid groups (broad SMARTS) is 1. The Morgan fingerprint density at radius 2 is 1.69 bits per heavy atom. The molecule has 7 heteroatoms. The van der Waals surface area contributed by atoms with E-state index in [0.717, 1.165) is 34.8 Å². The number of likely N-dealkylation sites (N-methyl/N-ethyl adjacent to an activating group) is 1. The summed E-state index contributed by atoms with van der Waals surface area (Å²) in [6.45, 7) is 1.16. The molecule has 2 aromatic carbocycles. The van der Waals surface area contributed by atoms with Gasteiger partial charge in [0.25, 0.3) is 0 Å². The first-order chi connectivity index (χ1) is 13.9. The second-order valence-electron chi connectivity index (χ2n) is 7.03. The van der Waals surface area contributed by atoms with Crippen molar-refractivity contribution in [3.05, 3.63) is 54.6 Å². The minimum absolute atomic E-state index is 0.0546. The molecular weight excluding hydrogens is 431 g/mol. The van der Waals surface area contributed by atoms with Gasteiger partial charge in [0.05, 0.1) is 0 Å². The van der Waals surface area contributed by atoms with E-state index in [1.807, 2.05) is 66.5 Å². The predicted molar refractivity (Wildman–Crippen MR) is 117 cm³/mol. The van der Waals surface area contributed by atoms with Crippen molar-refractivity contribution in [2.45, 2.75) is 29.0 Å². The number of nitrogens with one attached hydrogen (secondary N) is 1. The van der Waals surface area contributed by atoms with Crippen LogP contribution in [0.5, 0.6) is 11.5 Å². The van der Waals surface area contributed by atoms with Crippen molar-refractivity contribution in [1.82, 2.24) is 4.90 Å². The molecule has 0 fully saturated rings. The number of benzene rings is 2. The van der Waals surface area contributed by atoms with Crippen LogP contribution >= 0.6 is 0 Å². The molecule has 0 aliphatic carbocycles. The Morgan fingerprint density at radius 1 is 1.03 bits per heavy atom. The first-order valence-corrected chi connectivity index (χ1v) is 14.2. The summed E-state index contributed by atoms with van der Waals surface area (Å²) in [5.74, 6) is 0.722. The van der Waals surface area contributed by atoms with Gasteiger partial charge in [0.2, 0.25) is 0 Å². The number of nitrogens with zero attached hydrogens (tertiary/aromatic N) is 1. The third-order valence-electron chi connectivity index (χ3n) is 4.32. The van der Waals surface area contributed by atoms with Crippen LogP contribution in [0.25, 0.3) is 0 Å². The normalized spacial score (nSPS) is 11.8. The van der Waals surface area contributed by atoms with E-state index < -0.39 is 20.6 Å². The van der Waals surface area contributed by atoms with Crippen LogP contribution in [-0.4, -0.2) is 56.7 Å². The molecule has 1 atom stereocenters.